The Morgan fingerprint density at radius 1 is 1.12 bits per heavy atom. The van der Waals surface area contributed by atoms with E-state index in [0.29, 0.717) is 32.7 Å². The van der Waals surface area contributed by atoms with Gasteiger partial charge in [-0.3, -0.25) is 15.0 Å². The van der Waals surface area contributed by atoms with E-state index >= 15 is 0 Å². The number of terminal acetylenes is 1. The summed E-state index contributed by atoms with van der Waals surface area (Å²) < 4.78 is 5.93. The Kier molecular flexibility index (Phi) is 9.80. The van der Waals surface area contributed by atoms with Crippen molar-refractivity contribution in [2.45, 2.75) is 52.6 Å². The second-order valence-electron chi connectivity index (χ2n) is 10.8. The van der Waals surface area contributed by atoms with Gasteiger partial charge >= 0.3 is 0 Å². The van der Waals surface area contributed by atoms with Gasteiger partial charge in [0.25, 0.3) is 0 Å². The zero-order valence-electron chi connectivity index (χ0n) is 23.7. The fourth-order valence-corrected chi connectivity index (χ4v) is 5.25. The maximum atomic E-state index is 13.7. The minimum Gasteiger partial charge on any atom is -0.375 e. The molecule has 0 aromatic heterocycles. The third-order valence-corrected chi connectivity index (χ3v) is 7.23. The number of nitrogens with zero attached hydrogens (tertiary/aromatic N) is 4. The Hall–Kier alpha value is -3.87. The molecule has 4 rings (SSSR count). The summed E-state index contributed by atoms with van der Waals surface area (Å²) in [5, 5.41) is 15.6. The van der Waals surface area contributed by atoms with Crippen LogP contribution in [-0.2, 0) is 27.5 Å². The first kappa shape index (κ1) is 29.1. The van der Waals surface area contributed by atoms with Gasteiger partial charge in [-0.1, -0.05) is 79.9 Å². The molecule has 212 valence electrons. The van der Waals surface area contributed by atoms with Crippen LogP contribution in [0.4, 0.5) is 0 Å². The van der Waals surface area contributed by atoms with E-state index in [0.717, 1.165) is 11.1 Å². The van der Waals surface area contributed by atoms with E-state index in [1.807, 2.05) is 63.2 Å². The number of carbonyl (C=O) groups excluding carboxylic acids is 2. The predicted molar refractivity (Wildman–Crippen MR) is 155 cm³/mol. The molecule has 2 heterocycles. The third-order valence-electron chi connectivity index (χ3n) is 7.23. The molecule has 40 heavy (non-hydrogen) atoms. The smallest absolute Gasteiger partial charge is 0.245 e. The quantitative estimate of drug-likeness (QED) is 0.207. The summed E-state index contributed by atoms with van der Waals surface area (Å²) >= 11 is 0. The van der Waals surface area contributed by atoms with Gasteiger partial charge in [0, 0.05) is 13.1 Å². The number of benzene rings is 2. The van der Waals surface area contributed by atoms with E-state index < -0.39 is 12.2 Å². The monoisotopic (exact) mass is 544 g/mol. The first-order chi connectivity index (χ1) is 19.3. The molecule has 0 saturated carbocycles. The Bertz CT molecular complexity index is 1210. The normalized spacial score (nSPS) is 19.5. The van der Waals surface area contributed by atoms with Gasteiger partial charge in [0.2, 0.25) is 17.8 Å². The lowest BCUT2D eigenvalue weighted by molar-refractivity contribution is -0.187. The summed E-state index contributed by atoms with van der Waals surface area (Å²) in [6, 6.07) is 17.4. The van der Waals surface area contributed by atoms with E-state index in [-0.39, 0.29) is 43.3 Å². The average Bonchev–Trinajstić information content (AvgIpc) is 2.93. The molecule has 2 saturated heterocycles. The second-order valence-corrected chi connectivity index (χ2v) is 10.8. The fraction of sp³-hybridized carbons (Fsp3) is 0.452. The van der Waals surface area contributed by atoms with E-state index in [9.17, 15) is 9.59 Å². The van der Waals surface area contributed by atoms with Crippen molar-refractivity contribution in [1.82, 2.24) is 25.1 Å². The largest absolute Gasteiger partial charge is 0.375 e. The van der Waals surface area contributed by atoms with Gasteiger partial charge in [0.1, 0.15) is 12.2 Å². The zero-order valence-corrected chi connectivity index (χ0v) is 23.7. The fourth-order valence-electron chi connectivity index (χ4n) is 5.25. The molecule has 0 radical (unpaired) electrons. The molecule has 9 heteroatoms. The van der Waals surface area contributed by atoms with Crippen LogP contribution in [0.15, 0.2) is 54.6 Å². The first-order valence-corrected chi connectivity index (χ1v) is 13.9. The van der Waals surface area contributed by atoms with Crippen molar-refractivity contribution in [3.8, 4) is 12.3 Å². The number of hydrogen-bond donors (Lipinski definition) is 2. The Morgan fingerprint density at radius 3 is 2.52 bits per heavy atom. The Morgan fingerprint density at radius 2 is 1.85 bits per heavy atom. The van der Waals surface area contributed by atoms with Crippen LogP contribution in [0.25, 0.3) is 0 Å². The number of ether oxygens (including phenoxy) is 1. The van der Waals surface area contributed by atoms with Crippen molar-refractivity contribution >= 4 is 17.8 Å². The number of guanidine groups is 1. The van der Waals surface area contributed by atoms with Gasteiger partial charge in [-0.25, -0.2) is 5.01 Å². The molecule has 2 aliphatic rings. The summed E-state index contributed by atoms with van der Waals surface area (Å²) in [5.41, 5.74) is 3.30. The molecule has 0 unspecified atom stereocenters. The van der Waals surface area contributed by atoms with Gasteiger partial charge in [-0.2, -0.15) is 5.01 Å². The standard InChI is InChI=1S/C31H40N6O3/c1-5-15-35-21-29(38)36-27(18-23(2)3)30(39)34(16-17-40-22-26-13-11-24(4)12-14-26)20-28(36)37(35)31(32)33-19-25-9-7-6-8-10-25/h1,6-14,23,27-28H,15-22H2,2-4H3,(H2,32,33)/t27-,28-/m0/s1. The number of piperazine rings is 1. The molecule has 0 aliphatic carbocycles. The van der Waals surface area contributed by atoms with Crippen molar-refractivity contribution in [3.63, 3.8) is 0 Å². The van der Waals surface area contributed by atoms with Crippen LogP contribution in [0.5, 0.6) is 0 Å². The summed E-state index contributed by atoms with van der Waals surface area (Å²) in [4.78, 5) is 30.6. The number of nitrogens with one attached hydrogen (secondary N) is 2. The van der Waals surface area contributed by atoms with Gasteiger partial charge < -0.3 is 19.9 Å². The minimum absolute atomic E-state index is 0.0115. The van der Waals surface area contributed by atoms with E-state index in [1.165, 1.54) is 5.56 Å². The van der Waals surface area contributed by atoms with Crippen molar-refractivity contribution < 1.29 is 14.3 Å². The van der Waals surface area contributed by atoms with Gasteiger partial charge in [-0.15, -0.1) is 6.42 Å². The summed E-state index contributed by atoms with van der Waals surface area (Å²) in [5.74, 6) is 2.73. The Balaban J connectivity index is 1.52. The molecule has 0 spiro atoms. The van der Waals surface area contributed by atoms with E-state index in [1.54, 1.807) is 19.8 Å². The van der Waals surface area contributed by atoms with Crippen LogP contribution in [0, 0.1) is 30.6 Å². The van der Waals surface area contributed by atoms with Crippen molar-refractivity contribution in [2.75, 3.05) is 32.8 Å². The van der Waals surface area contributed by atoms with Gasteiger partial charge in [-0.05, 0) is 30.4 Å². The molecular formula is C31H40N6O3. The Labute approximate surface area is 237 Å². The number of hydrogen-bond acceptors (Lipinski definition) is 5. The molecule has 2 fully saturated rings. The minimum atomic E-state index is -0.610. The maximum Gasteiger partial charge on any atom is 0.245 e. The highest BCUT2D eigenvalue weighted by atomic mass is 16.5. The topological polar surface area (TPSA) is 92.2 Å². The number of rotatable bonds is 10. The van der Waals surface area contributed by atoms with Crippen LogP contribution < -0.4 is 5.32 Å². The number of fused-ring (bicyclic) bond motifs is 1. The molecular weight excluding hydrogens is 504 g/mol. The molecule has 2 aromatic rings. The predicted octanol–water partition coefficient (Wildman–Crippen LogP) is 2.81. The summed E-state index contributed by atoms with van der Waals surface area (Å²) in [6.07, 6.45) is 5.65. The van der Waals surface area contributed by atoms with E-state index in [4.69, 9.17) is 16.6 Å². The van der Waals surface area contributed by atoms with Crippen LogP contribution in [0.2, 0.25) is 0 Å². The molecule has 0 bridgehead atoms. The summed E-state index contributed by atoms with van der Waals surface area (Å²) in [7, 11) is 0. The molecule has 2 amide bonds. The van der Waals surface area contributed by atoms with Gasteiger partial charge in [0.05, 0.1) is 32.8 Å². The van der Waals surface area contributed by atoms with Crippen LogP contribution in [0.3, 0.4) is 0 Å². The molecule has 2 atom stereocenters. The lowest BCUT2D eigenvalue weighted by atomic mass is 9.97. The SMILES string of the molecule is C#CCN1CC(=O)N2[C@@H](CC(C)C)C(=O)N(CCOCc3ccc(C)cc3)C[C@@H]2N1C(=N)NCc1ccccc1. The van der Waals surface area contributed by atoms with Crippen LogP contribution in [-0.4, -0.2) is 82.6 Å². The second kappa shape index (κ2) is 13.5. The third kappa shape index (κ3) is 7.00. The van der Waals surface area contributed by atoms with Crippen LogP contribution >= 0.6 is 0 Å². The van der Waals surface area contributed by atoms with Crippen LogP contribution in [0.1, 0.15) is 37.0 Å². The molecule has 2 aliphatic heterocycles. The maximum absolute atomic E-state index is 13.7. The first-order valence-electron chi connectivity index (χ1n) is 13.9. The highest BCUT2D eigenvalue weighted by Gasteiger charge is 2.50. The van der Waals surface area contributed by atoms with Gasteiger partial charge in [0.15, 0.2) is 0 Å². The number of hydrazine groups is 1. The van der Waals surface area contributed by atoms with Crippen molar-refractivity contribution in [3.05, 3.63) is 71.3 Å². The highest BCUT2D eigenvalue weighted by Crippen LogP contribution is 2.29. The lowest BCUT2D eigenvalue weighted by Crippen LogP contribution is -2.76. The molecule has 2 N–H and O–H groups in total. The lowest BCUT2D eigenvalue weighted by Gasteiger charge is -2.55. The van der Waals surface area contributed by atoms with Crippen molar-refractivity contribution in [1.29, 1.82) is 5.41 Å². The summed E-state index contributed by atoms with van der Waals surface area (Å²) in [6.45, 7) is 8.25. The number of carbonyl (C=O) groups is 2. The number of amides is 2. The van der Waals surface area contributed by atoms with Crippen molar-refractivity contribution in [2.24, 2.45) is 5.92 Å². The number of aryl methyl sites for hydroxylation is 1. The highest BCUT2D eigenvalue weighted by molar-refractivity contribution is 5.91. The molecule has 9 nitrogen and oxygen atoms in total. The average molecular weight is 545 g/mol. The molecule has 2 aromatic carbocycles. The zero-order chi connectivity index (χ0) is 28.6. The van der Waals surface area contributed by atoms with E-state index in [2.05, 4.69) is 23.4 Å².